The van der Waals surface area contributed by atoms with Crippen LogP contribution in [-0.2, 0) is 0 Å². The van der Waals surface area contributed by atoms with Crippen molar-refractivity contribution < 1.29 is 18.3 Å². The van der Waals surface area contributed by atoms with Gasteiger partial charge in [-0.25, -0.2) is 13.8 Å². The fraction of sp³-hybridized carbons (Fsp3) is 0.250. The molecule has 3 rings (SSSR count). The van der Waals surface area contributed by atoms with Gasteiger partial charge in [0.1, 0.15) is 18.9 Å². The van der Waals surface area contributed by atoms with Crippen LogP contribution < -0.4 is 15.2 Å². The first-order valence-corrected chi connectivity index (χ1v) is 5.43. The van der Waals surface area contributed by atoms with E-state index in [1.54, 1.807) is 12.1 Å². The lowest BCUT2D eigenvalue weighted by molar-refractivity contribution is 0.146. The monoisotopic (exact) mass is 252 g/mol. The van der Waals surface area contributed by atoms with Crippen LogP contribution in [0, 0.1) is 0 Å². The minimum absolute atomic E-state index is 0.257. The van der Waals surface area contributed by atoms with Crippen molar-refractivity contribution in [1.82, 2.24) is 4.98 Å². The highest BCUT2D eigenvalue weighted by molar-refractivity contribution is 5.92. The Hall–Kier alpha value is -2.11. The molecule has 1 aliphatic rings. The Kier molecular flexibility index (Phi) is 2.43. The van der Waals surface area contributed by atoms with Crippen molar-refractivity contribution in [3.05, 3.63) is 23.9 Å². The normalized spacial score (nSPS) is 14.2. The zero-order chi connectivity index (χ0) is 12.7. The Bertz CT molecular complexity index is 617. The summed E-state index contributed by atoms with van der Waals surface area (Å²) in [5, 5.41) is 0.587. The average molecular weight is 252 g/mol. The molecule has 0 aliphatic carbocycles. The summed E-state index contributed by atoms with van der Waals surface area (Å²) in [4.78, 5) is 3.88. The molecule has 1 aromatic heterocycles. The summed E-state index contributed by atoms with van der Waals surface area (Å²) in [6.07, 6.45) is -2.65. The van der Waals surface area contributed by atoms with Gasteiger partial charge in [0, 0.05) is 17.1 Å². The van der Waals surface area contributed by atoms with E-state index in [1.807, 2.05) is 0 Å². The van der Waals surface area contributed by atoms with Crippen LogP contribution in [-0.4, -0.2) is 18.2 Å². The molecule has 4 nitrogen and oxygen atoms in total. The third-order valence-corrected chi connectivity index (χ3v) is 2.75. The van der Waals surface area contributed by atoms with Gasteiger partial charge in [-0.2, -0.15) is 0 Å². The SMILES string of the molecule is Nc1cc(C(F)F)nc2cc3c(cc12)OCCO3. The number of benzene rings is 1. The van der Waals surface area contributed by atoms with Crippen LogP contribution in [0.1, 0.15) is 12.1 Å². The second-order valence-corrected chi connectivity index (χ2v) is 3.95. The van der Waals surface area contributed by atoms with Gasteiger partial charge >= 0.3 is 0 Å². The Morgan fingerprint density at radius 1 is 1.11 bits per heavy atom. The third-order valence-electron chi connectivity index (χ3n) is 2.75. The molecule has 0 saturated carbocycles. The smallest absolute Gasteiger partial charge is 0.280 e. The molecule has 2 aromatic rings. The van der Waals surface area contributed by atoms with E-state index in [0.29, 0.717) is 35.6 Å². The molecular weight excluding hydrogens is 242 g/mol. The van der Waals surface area contributed by atoms with E-state index in [9.17, 15) is 8.78 Å². The quantitative estimate of drug-likeness (QED) is 0.847. The summed E-state index contributed by atoms with van der Waals surface area (Å²) in [6.45, 7) is 0.892. The summed E-state index contributed by atoms with van der Waals surface area (Å²) in [6, 6.07) is 4.43. The predicted octanol–water partition coefficient (Wildman–Crippen LogP) is 2.53. The van der Waals surface area contributed by atoms with Crippen LogP contribution in [0.2, 0.25) is 0 Å². The molecule has 0 radical (unpaired) electrons. The van der Waals surface area contributed by atoms with Crippen molar-refractivity contribution in [3.8, 4) is 11.5 Å². The fourth-order valence-corrected chi connectivity index (χ4v) is 1.92. The second-order valence-electron chi connectivity index (χ2n) is 3.95. The van der Waals surface area contributed by atoms with Gasteiger partial charge in [-0.3, -0.25) is 0 Å². The van der Waals surface area contributed by atoms with E-state index in [4.69, 9.17) is 15.2 Å². The van der Waals surface area contributed by atoms with Crippen LogP contribution in [0.25, 0.3) is 10.9 Å². The fourth-order valence-electron chi connectivity index (χ4n) is 1.92. The Morgan fingerprint density at radius 3 is 2.44 bits per heavy atom. The van der Waals surface area contributed by atoms with Gasteiger partial charge in [-0.05, 0) is 12.1 Å². The summed E-state index contributed by atoms with van der Waals surface area (Å²) in [5.74, 6) is 1.07. The molecule has 0 amide bonds. The number of hydrogen-bond acceptors (Lipinski definition) is 4. The number of nitrogens with zero attached hydrogens (tertiary/aromatic N) is 1. The summed E-state index contributed by atoms with van der Waals surface area (Å²) >= 11 is 0. The number of fused-ring (bicyclic) bond motifs is 2. The molecule has 0 bridgehead atoms. The Labute approximate surface area is 101 Å². The number of alkyl halides is 2. The highest BCUT2D eigenvalue weighted by Gasteiger charge is 2.17. The van der Waals surface area contributed by atoms with E-state index in [-0.39, 0.29) is 11.4 Å². The number of aromatic nitrogens is 1. The Morgan fingerprint density at radius 2 is 1.78 bits per heavy atom. The van der Waals surface area contributed by atoms with Gasteiger partial charge in [-0.15, -0.1) is 0 Å². The zero-order valence-corrected chi connectivity index (χ0v) is 9.32. The molecule has 1 aromatic carbocycles. The highest BCUT2D eigenvalue weighted by atomic mass is 19.3. The summed E-state index contributed by atoms with van der Waals surface area (Å²) < 4.78 is 36.1. The van der Waals surface area contributed by atoms with Gasteiger partial charge in [-0.1, -0.05) is 0 Å². The van der Waals surface area contributed by atoms with Crippen LogP contribution in [0.5, 0.6) is 11.5 Å². The van der Waals surface area contributed by atoms with E-state index in [2.05, 4.69) is 4.98 Å². The molecule has 0 saturated heterocycles. The van der Waals surface area contributed by atoms with Crippen molar-refractivity contribution in [3.63, 3.8) is 0 Å². The highest BCUT2D eigenvalue weighted by Crippen LogP contribution is 2.36. The van der Waals surface area contributed by atoms with E-state index < -0.39 is 6.43 Å². The van der Waals surface area contributed by atoms with Crippen molar-refractivity contribution in [2.45, 2.75) is 6.43 Å². The molecular formula is C12H10F2N2O2. The topological polar surface area (TPSA) is 57.4 Å². The van der Waals surface area contributed by atoms with Gasteiger partial charge in [0.05, 0.1) is 5.52 Å². The first-order valence-electron chi connectivity index (χ1n) is 5.43. The second kappa shape index (κ2) is 3.97. The predicted molar refractivity (Wildman–Crippen MR) is 62.1 cm³/mol. The van der Waals surface area contributed by atoms with Crippen LogP contribution >= 0.6 is 0 Å². The lowest BCUT2D eigenvalue weighted by Crippen LogP contribution is -2.15. The number of anilines is 1. The van der Waals surface area contributed by atoms with Crippen molar-refractivity contribution >= 4 is 16.6 Å². The summed E-state index contributed by atoms with van der Waals surface area (Å²) in [5.41, 5.74) is 6.06. The third kappa shape index (κ3) is 1.70. The van der Waals surface area contributed by atoms with Gasteiger partial charge in [0.15, 0.2) is 11.5 Å². The standard InChI is InChI=1S/C12H10F2N2O2/c13-12(14)9-4-7(15)6-3-10-11(5-8(6)16-9)18-2-1-17-10/h3-5,12H,1-2H2,(H2,15,16). The molecule has 94 valence electrons. The average Bonchev–Trinajstić information content (AvgIpc) is 2.36. The van der Waals surface area contributed by atoms with Crippen LogP contribution in [0.4, 0.5) is 14.5 Å². The molecule has 0 unspecified atom stereocenters. The minimum atomic E-state index is -2.65. The first kappa shape index (κ1) is 11.0. The van der Waals surface area contributed by atoms with Crippen molar-refractivity contribution in [2.75, 3.05) is 18.9 Å². The minimum Gasteiger partial charge on any atom is -0.486 e. The van der Waals surface area contributed by atoms with Crippen LogP contribution in [0.15, 0.2) is 18.2 Å². The van der Waals surface area contributed by atoms with E-state index >= 15 is 0 Å². The molecule has 2 heterocycles. The largest absolute Gasteiger partial charge is 0.486 e. The molecule has 0 atom stereocenters. The number of pyridine rings is 1. The number of hydrogen-bond donors (Lipinski definition) is 1. The maximum Gasteiger partial charge on any atom is 0.280 e. The maximum atomic E-state index is 12.6. The van der Waals surface area contributed by atoms with Crippen molar-refractivity contribution in [1.29, 1.82) is 0 Å². The maximum absolute atomic E-state index is 12.6. The van der Waals surface area contributed by atoms with E-state index in [0.717, 1.165) is 0 Å². The molecule has 0 spiro atoms. The number of rotatable bonds is 1. The zero-order valence-electron chi connectivity index (χ0n) is 9.32. The molecule has 2 N–H and O–H groups in total. The number of ether oxygens (including phenoxy) is 2. The lowest BCUT2D eigenvalue weighted by Gasteiger charge is -2.19. The number of nitrogens with two attached hydrogens (primary N) is 1. The Balaban J connectivity index is 2.24. The van der Waals surface area contributed by atoms with Gasteiger partial charge < -0.3 is 15.2 Å². The summed E-state index contributed by atoms with van der Waals surface area (Å²) in [7, 11) is 0. The first-order chi connectivity index (χ1) is 8.65. The molecule has 18 heavy (non-hydrogen) atoms. The molecule has 0 fully saturated rings. The van der Waals surface area contributed by atoms with Crippen LogP contribution in [0.3, 0.4) is 0 Å². The van der Waals surface area contributed by atoms with E-state index in [1.165, 1.54) is 6.07 Å². The number of halogens is 2. The van der Waals surface area contributed by atoms with Gasteiger partial charge in [0.2, 0.25) is 0 Å². The lowest BCUT2D eigenvalue weighted by atomic mass is 10.1. The molecule has 1 aliphatic heterocycles. The van der Waals surface area contributed by atoms with Crippen molar-refractivity contribution in [2.24, 2.45) is 0 Å². The van der Waals surface area contributed by atoms with Gasteiger partial charge in [0.25, 0.3) is 6.43 Å². The number of nitrogen functional groups attached to an aromatic ring is 1. The molecule has 6 heteroatoms.